The Morgan fingerprint density at radius 2 is 1.63 bits per heavy atom. The van der Waals surface area contributed by atoms with E-state index >= 15 is 0 Å². The maximum Gasteiger partial charge on any atom is 0.236 e. The van der Waals surface area contributed by atoms with Gasteiger partial charge >= 0.3 is 0 Å². The van der Waals surface area contributed by atoms with Crippen LogP contribution in [0.15, 0.2) is 30.3 Å². The lowest BCUT2D eigenvalue weighted by Gasteiger charge is -2.35. The van der Waals surface area contributed by atoms with Crippen LogP contribution in [0.3, 0.4) is 0 Å². The second-order valence-corrected chi connectivity index (χ2v) is 8.11. The van der Waals surface area contributed by atoms with Crippen LogP contribution in [0, 0.1) is 0 Å². The fourth-order valence-corrected chi connectivity index (χ4v) is 4.55. The number of carbonyl (C=O) groups is 1. The molecule has 1 atom stereocenters. The fraction of sp³-hybridized carbons (Fsp3) is 0.667. The van der Waals surface area contributed by atoms with Gasteiger partial charge in [-0.05, 0) is 12.0 Å². The molecule has 3 heterocycles. The predicted molar refractivity (Wildman–Crippen MR) is 108 cm³/mol. The van der Waals surface area contributed by atoms with E-state index in [0.29, 0.717) is 18.5 Å². The molecule has 1 aromatic carbocycles. The average molecular weight is 372 g/mol. The number of benzene rings is 1. The summed E-state index contributed by atoms with van der Waals surface area (Å²) in [5, 5.41) is 3.41. The molecule has 3 saturated heterocycles. The van der Waals surface area contributed by atoms with Crippen LogP contribution >= 0.6 is 0 Å². The van der Waals surface area contributed by atoms with E-state index in [1.54, 1.807) is 0 Å². The van der Waals surface area contributed by atoms with Crippen LogP contribution in [0.2, 0.25) is 0 Å². The van der Waals surface area contributed by atoms with E-state index < -0.39 is 0 Å². The molecule has 1 aromatic rings. The molecular formula is C21H33N5O. The molecule has 6 heteroatoms. The van der Waals surface area contributed by atoms with Crippen molar-refractivity contribution in [3.05, 3.63) is 35.9 Å². The number of hydrogen-bond donors (Lipinski definition) is 1. The lowest BCUT2D eigenvalue weighted by molar-refractivity contribution is -0.132. The van der Waals surface area contributed by atoms with E-state index in [4.69, 9.17) is 0 Å². The van der Waals surface area contributed by atoms with E-state index in [1.165, 1.54) is 5.56 Å². The van der Waals surface area contributed by atoms with E-state index in [1.807, 2.05) is 0 Å². The zero-order valence-corrected chi connectivity index (χ0v) is 16.4. The number of amides is 1. The molecule has 0 radical (unpaired) electrons. The van der Waals surface area contributed by atoms with Crippen molar-refractivity contribution in [2.24, 2.45) is 0 Å². The fourth-order valence-electron chi connectivity index (χ4n) is 4.55. The summed E-state index contributed by atoms with van der Waals surface area (Å²) >= 11 is 0. The van der Waals surface area contributed by atoms with Crippen LogP contribution in [-0.2, 0) is 11.3 Å². The highest BCUT2D eigenvalue weighted by Crippen LogP contribution is 2.17. The molecule has 4 rings (SSSR count). The number of hydrogen-bond acceptors (Lipinski definition) is 5. The second-order valence-electron chi connectivity index (χ2n) is 8.11. The molecule has 3 aliphatic heterocycles. The summed E-state index contributed by atoms with van der Waals surface area (Å²) in [7, 11) is 0. The standard InChI is InChI=1S/C21H33N5O/c27-21(26-9-6-20(17-26)25-10-7-22-8-11-25)18-24-14-12-23(13-15-24)16-19-4-2-1-3-5-19/h1-5,20,22H,6-18H2. The molecule has 3 fully saturated rings. The van der Waals surface area contributed by atoms with Crippen molar-refractivity contribution in [1.82, 2.24) is 24.9 Å². The van der Waals surface area contributed by atoms with E-state index in [2.05, 4.69) is 55.2 Å². The molecule has 1 N–H and O–H groups in total. The summed E-state index contributed by atoms with van der Waals surface area (Å²) in [6.07, 6.45) is 1.14. The number of nitrogens with zero attached hydrogens (tertiary/aromatic N) is 4. The molecule has 0 aromatic heterocycles. The maximum atomic E-state index is 12.8. The third-order valence-corrected chi connectivity index (χ3v) is 6.26. The van der Waals surface area contributed by atoms with Gasteiger partial charge in [0.05, 0.1) is 6.54 Å². The quantitative estimate of drug-likeness (QED) is 0.807. The molecule has 0 saturated carbocycles. The zero-order valence-electron chi connectivity index (χ0n) is 16.4. The molecule has 0 spiro atoms. The van der Waals surface area contributed by atoms with Gasteiger partial charge in [-0.15, -0.1) is 0 Å². The molecule has 27 heavy (non-hydrogen) atoms. The maximum absolute atomic E-state index is 12.8. The Labute approximate surface area is 163 Å². The lowest BCUT2D eigenvalue weighted by Crippen LogP contribution is -2.51. The van der Waals surface area contributed by atoms with Crippen LogP contribution in [0.5, 0.6) is 0 Å². The van der Waals surface area contributed by atoms with Gasteiger partial charge in [-0.1, -0.05) is 30.3 Å². The molecule has 1 unspecified atom stereocenters. The predicted octanol–water partition coefficient (Wildman–Crippen LogP) is 0.310. The van der Waals surface area contributed by atoms with E-state index in [-0.39, 0.29) is 0 Å². The van der Waals surface area contributed by atoms with Crippen molar-refractivity contribution in [2.45, 2.75) is 19.0 Å². The Hall–Kier alpha value is -1.47. The van der Waals surface area contributed by atoms with Crippen molar-refractivity contribution < 1.29 is 4.79 Å². The topological polar surface area (TPSA) is 42.1 Å². The molecular weight excluding hydrogens is 338 g/mol. The zero-order chi connectivity index (χ0) is 18.5. The van der Waals surface area contributed by atoms with Crippen molar-refractivity contribution in [3.63, 3.8) is 0 Å². The Morgan fingerprint density at radius 1 is 0.926 bits per heavy atom. The third-order valence-electron chi connectivity index (χ3n) is 6.26. The Balaban J connectivity index is 1.18. The van der Waals surface area contributed by atoms with Crippen LogP contribution in [0.4, 0.5) is 0 Å². The van der Waals surface area contributed by atoms with Crippen LogP contribution in [0.25, 0.3) is 0 Å². The van der Waals surface area contributed by atoms with Gasteiger partial charge in [-0.2, -0.15) is 0 Å². The van der Waals surface area contributed by atoms with Crippen LogP contribution < -0.4 is 5.32 Å². The summed E-state index contributed by atoms with van der Waals surface area (Å²) in [6.45, 7) is 11.9. The van der Waals surface area contributed by atoms with Gasteiger partial charge in [-0.3, -0.25) is 19.5 Å². The van der Waals surface area contributed by atoms with Crippen molar-refractivity contribution in [1.29, 1.82) is 0 Å². The minimum atomic E-state index is 0.323. The smallest absolute Gasteiger partial charge is 0.236 e. The summed E-state index contributed by atoms with van der Waals surface area (Å²) in [4.78, 5) is 22.2. The molecule has 6 nitrogen and oxygen atoms in total. The summed E-state index contributed by atoms with van der Waals surface area (Å²) in [5.74, 6) is 0.323. The Bertz CT molecular complexity index is 596. The van der Waals surface area contributed by atoms with Gasteiger partial charge in [-0.25, -0.2) is 0 Å². The molecule has 148 valence electrons. The van der Waals surface area contributed by atoms with E-state index in [9.17, 15) is 4.79 Å². The SMILES string of the molecule is O=C(CN1CCN(Cc2ccccc2)CC1)N1CCC(N2CCNCC2)C1. The largest absolute Gasteiger partial charge is 0.340 e. The highest BCUT2D eigenvalue weighted by molar-refractivity contribution is 5.78. The first-order valence-corrected chi connectivity index (χ1v) is 10.5. The second kappa shape index (κ2) is 9.15. The van der Waals surface area contributed by atoms with Gasteiger partial charge < -0.3 is 10.2 Å². The van der Waals surface area contributed by atoms with Gasteiger partial charge in [0.25, 0.3) is 0 Å². The first kappa shape index (κ1) is 18.9. The number of rotatable bonds is 5. The van der Waals surface area contributed by atoms with Gasteiger partial charge in [0.2, 0.25) is 5.91 Å². The van der Waals surface area contributed by atoms with E-state index in [0.717, 1.165) is 78.4 Å². The van der Waals surface area contributed by atoms with Gasteiger partial charge in [0, 0.05) is 78.0 Å². The summed E-state index contributed by atoms with van der Waals surface area (Å²) in [6, 6.07) is 11.2. The van der Waals surface area contributed by atoms with Crippen molar-refractivity contribution >= 4 is 5.91 Å². The number of nitrogens with one attached hydrogen (secondary N) is 1. The van der Waals surface area contributed by atoms with Crippen LogP contribution in [-0.4, -0.2) is 104 Å². The normalized spacial score (nSPS) is 25.8. The Kier molecular flexibility index (Phi) is 6.39. The van der Waals surface area contributed by atoms with Crippen molar-refractivity contribution in [3.8, 4) is 0 Å². The molecule has 0 aliphatic carbocycles. The first-order valence-electron chi connectivity index (χ1n) is 10.5. The first-order chi connectivity index (χ1) is 13.3. The summed E-state index contributed by atoms with van der Waals surface area (Å²) in [5.41, 5.74) is 1.37. The minimum Gasteiger partial charge on any atom is -0.340 e. The number of carbonyl (C=O) groups excluding carboxylic acids is 1. The third kappa shape index (κ3) is 5.08. The van der Waals surface area contributed by atoms with Crippen molar-refractivity contribution in [2.75, 3.05) is 72.0 Å². The van der Waals surface area contributed by atoms with Gasteiger partial charge in [0.15, 0.2) is 0 Å². The Morgan fingerprint density at radius 3 is 2.37 bits per heavy atom. The molecule has 1 amide bonds. The van der Waals surface area contributed by atoms with Gasteiger partial charge in [0.1, 0.15) is 0 Å². The van der Waals surface area contributed by atoms with Crippen LogP contribution in [0.1, 0.15) is 12.0 Å². The highest BCUT2D eigenvalue weighted by Gasteiger charge is 2.31. The lowest BCUT2D eigenvalue weighted by atomic mass is 10.2. The monoisotopic (exact) mass is 371 g/mol. The average Bonchev–Trinajstić information content (AvgIpc) is 3.21. The minimum absolute atomic E-state index is 0.323. The summed E-state index contributed by atoms with van der Waals surface area (Å²) < 4.78 is 0. The molecule has 3 aliphatic rings. The highest BCUT2D eigenvalue weighted by atomic mass is 16.2. The number of likely N-dealkylation sites (tertiary alicyclic amines) is 1. The molecule has 0 bridgehead atoms. The number of piperazine rings is 2.